The predicted molar refractivity (Wildman–Crippen MR) is 123 cm³/mol. The van der Waals surface area contributed by atoms with Gasteiger partial charge in [0.1, 0.15) is 6.04 Å². The summed E-state index contributed by atoms with van der Waals surface area (Å²) in [4.78, 5) is 12.7. The van der Waals surface area contributed by atoms with Crippen LogP contribution in [0.4, 0.5) is 5.69 Å². The summed E-state index contributed by atoms with van der Waals surface area (Å²) >= 11 is 7.74. The molecule has 1 amide bonds. The van der Waals surface area contributed by atoms with Crippen molar-refractivity contribution in [3.05, 3.63) is 64.7 Å². The van der Waals surface area contributed by atoms with E-state index in [-0.39, 0.29) is 5.91 Å². The summed E-state index contributed by atoms with van der Waals surface area (Å²) in [5.41, 5.74) is 2.86. The fourth-order valence-electron chi connectivity index (χ4n) is 3.03. The second kappa shape index (κ2) is 10.9. The highest BCUT2D eigenvalue weighted by Gasteiger charge is 2.31. The fourth-order valence-corrected chi connectivity index (χ4v) is 5.22. The molecule has 0 aromatic heterocycles. The monoisotopic (exact) mass is 454 g/mol. The van der Waals surface area contributed by atoms with Crippen LogP contribution in [0.25, 0.3) is 0 Å². The Morgan fingerprint density at radius 1 is 1.21 bits per heavy atom. The fraction of sp³-hybridized carbons (Fsp3) is 0.381. The lowest BCUT2D eigenvalue weighted by molar-refractivity contribution is -0.122. The molecule has 0 aliphatic heterocycles. The lowest BCUT2D eigenvalue weighted by Gasteiger charge is -2.30. The Morgan fingerprint density at radius 3 is 2.55 bits per heavy atom. The zero-order valence-corrected chi connectivity index (χ0v) is 19.3. The number of aryl methyl sites for hydroxylation is 1. The molecule has 0 aliphatic rings. The van der Waals surface area contributed by atoms with Gasteiger partial charge in [-0.2, -0.15) is 11.8 Å². The highest BCUT2D eigenvalue weighted by molar-refractivity contribution is 7.98. The minimum Gasteiger partial charge on any atom is -0.353 e. The largest absolute Gasteiger partial charge is 0.353 e. The van der Waals surface area contributed by atoms with Crippen LogP contribution < -0.4 is 9.62 Å². The topological polar surface area (TPSA) is 66.5 Å². The molecule has 0 heterocycles. The predicted octanol–water partition coefficient (Wildman–Crippen LogP) is 4.24. The SMILES string of the molecule is CC[C@@H](C(=O)NCCSCc1cccc(C)c1)N(c1cccc(Cl)c1)S(C)(=O)=O. The number of benzene rings is 2. The number of anilines is 1. The Hall–Kier alpha value is -1.70. The summed E-state index contributed by atoms with van der Waals surface area (Å²) in [5.74, 6) is 1.30. The van der Waals surface area contributed by atoms with Crippen LogP contribution >= 0.6 is 23.4 Å². The van der Waals surface area contributed by atoms with Crippen LogP contribution in [-0.2, 0) is 20.6 Å². The molecule has 0 fully saturated rings. The van der Waals surface area contributed by atoms with Crippen molar-refractivity contribution in [3.63, 3.8) is 0 Å². The molecule has 0 radical (unpaired) electrons. The molecule has 0 spiro atoms. The van der Waals surface area contributed by atoms with E-state index in [0.29, 0.717) is 23.7 Å². The number of halogens is 1. The van der Waals surface area contributed by atoms with Gasteiger partial charge in [0.15, 0.2) is 0 Å². The van der Waals surface area contributed by atoms with Crippen LogP contribution in [0.5, 0.6) is 0 Å². The molecule has 0 unspecified atom stereocenters. The summed E-state index contributed by atoms with van der Waals surface area (Å²) in [5, 5.41) is 3.29. The zero-order chi connectivity index (χ0) is 21.4. The maximum Gasteiger partial charge on any atom is 0.243 e. The van der Waals surface area contributed by atoms with E-state index in [9.17, 15) is 13.2 Å². The van der Waals surface area contributed by atoms with Crippen molar-refractivity contribution in [2.24, 2.45) is 0 Å². The quantitative estimate of drug-likeness (QED) is 0.545. The first-order valence-electron chi connectivity index (χ1n) is 9.38. The normalized spacial score (nSPS) is 12.4. The van der Waals surface area contributed by atoms with Gasteiger partial charge in [-0.05, 0) is 37.1 Å². The van der Waals surface area contributed by atoms with Gasteiger partial charge in [-0.1, -0.05) is 54.4 Å². The molecule has 158 valence electrons. The molecule has 1 atom stereocenters. The minimum atomic E-state index is -3.66. The summed E-state index contributed by atoms with van der Waals surface area (Å²) in [6.07, 6.45) is 1.45. The van der Waals surface area contributed by atoms with Gasteiger partial charge in [0.05, 0.1) is 11.9 Å². The molecule has 1 N–H and O–H groups in total. The van der Waals surface area contributed by atoms with Crippen LogP contribution in [0, 0.1) is 6.92 Å². The van der Waals surface area contributed by atoms with E-state index in [2.05, 4.69) is 30.4 Å². The van der Waals surface area contributed by atoms with Gasteiger partial charge >= 0.3 is 0 Å². The van der Waals surface area contributed by atoms with E-state index in [4.69, 9.17) is 11.6 Å². The van der Waals surface area contributed by atoms with Gasteiger partial charge < -0.3 is 5.32 Å². The Morgan fingerprint density at radius 2 is 1.93 bits per heavy atom. The smallest absolute Gasteiger partial charge is 0.243 e. The molecule has 0 saturated carbocycles. The van der Waals surface area contributed by atoms with Crippen LogP contribution in [0.2, 0.25) is 5.02 Å². The van der Waals surface area contributed by atoms with Crippen LogP contribution in [0.15, 0.2) is 48.5 Å². The Bertz CT molecular complexity index is 935. The van der Waals surface area contributed by atoms with Gasteiger partial charge in [0.2, 0.25) is 15.9 Å². The van der Waals surface area contributed by atoms with E-state index in [0.717, 1.165) is 22.1 Å². The zero-order valence-electron chi connectivity index (χ0n) is 16.9. The van der Waals surface area contributed by atoms with E-state index >= 15 is 0 Å². The van der Waals surface area contributed by atoms with E-state index in [1.165, 1.54) is 11.1 Å². The second-order valence-corrected chi connectivity index (χ2v) is 10.2. The highest BCUT2D eigenvalue weighted by Crippen LogP contribution is 2.25. The summed E-state index contributed by atoms with van der Waals surface area (Å²) < 4.78 is 26.0. The number of sulfonamides is 1. The van der Waals surface area contributed by atoms with E-state index in [1.54, 1.807) is 43.0 Å². The van der Waals surface area contributed by atoms with Gasteiger partial charge in [-0.3, -0.25) is 9.10 Å². The molecular weight excluding hydrogens is 428 g/mol. The first kappa shape index (κ1) is 23.6. The number of rotatable bonds is 10. The maximum atomic E-state index is 12.7. The number of nitrogens with one attached hydrogen (secondary N) is 1. The van der Waals surface area contributed by atoms with Gasteiger partial charge in [-0.25, -0.2) is 8.42 Å². The van der Waals surface area contributed by atoms with E-state index < -0.39 is 16.1 Å². The number of hydrogen-bond acceptors (Lipinski definition) is 4. The molecule has 29 heavy (non-hydrogen) atoms. The molecular formula is C21H27ClN2O3S2. The third kappa shape index (κ3) is 7.24. The van der Waals surface area contributed by atoms with Crippen molar-refractivity contribution < 1.29 is 13.2 Å². The number of carbonyl (C=O) groups excluding carboxylic acids is 1. The van der Waals surface area contributed by atoms with Crippen LogP contribution in [0.1, 0.15) is 24.5 Å². The molecule has 8 heteroatoms. The van der Waals surface area contributed by atoms with Gasteiger partial charge in [0, 0.05) is 23.1 Å². The summed E-state index contributed by atoms with van der Waals surface area (Å²) in [7, 11) is -3.66. The Balaban J connectivity index is 1.97. The van der Waals surface area contributed by atoms with Crippen molar-refractivity contribution in [1.29, 1.82) is 0 Å². The molecule has 2 aromatic carbocycles. The molecule has 5 nitrogen and oxygen atoms in total. The van der Waals surface area contributed by atoms with E-state index in [1.807, 2.05) is 6.07 Å². The van der Waals surface area contributed by atoms with Crippen molar-refractivity contribution in [3.8, 4) is 0 Å². The molecule has 0 saturated heterocycles. The van der Waals surface area contributed by atoms with Gasteiger partial charge in [0.25, 0.3) is 0 Å². The van der Waals surface area contributed by atoms with Crippen molar-refractivity contribution in [2.75, 3.05) is 22.9 Å². The summed E-state index contributed by atoms with van der Waals surface area (Å²) in [6.45, 7) is 4.32. The maximum absolute atomic E-state index is 12.7. The van der Waals surface area contributed by atoms with Gasteiger partial charge in [-0.15, -0.1) is 0 Å². The van der Waals surface area contributed by atoms with Crippen molar-refractivity contribution in [1.82, 2.24) is 5.32 Å². The van der Waals surface area contributed by atoms with Crippen LogP contribution in [-0.4, -0.2) is 38.9 Å². The Labute approximate surface area is 182 Å². The van der Waals surface area contributed by atoms with Crippen molar-refractivity contribution in [2.45, 2.75) is 32.1 Å². The number of carbonyl (C=O) groups is 1. The molecule has 0 aliphatic carbocycles. The average molecular weight is 455 g/mol. The average Bonchev–Trinajstić information content (AvgIpc) is 2.64. The first-order chi connectivity index (χ1) is 13.7. The minimum absolute atomic E-state index is 0.311. The van der Waals surface area contributed by atoms with Crippen molar-refractivity contribution >= 4 is 45.0 Å². The standard InChI is InChI=1S/C21H27ClN2O3S2/c1-4-20(24(29(3,26)27)19-10-6-9-18(22)14-19)21(25)23-11-12-28-15-17-8-5-7-16(2)13-17/h5-10,13-14,20H,4,11-12,15H2,1-3H3,(H,23,25)/t20-/m0/s1. The Kier molecular flexibility index (Phi) is 8.86. The number of thioether (sulfide) groups is 1. The van der Waals surface area contributed by atoms with Crippen LogP contribution in [0.3, 0.4) is 0 Å². The molecule has 0 bridgehead atoms. The first-order valence-corrected chi connectivity index (χ1v) is 12.8. The second-order valence-electron chi connectivity index (χ2n) is 6.80. The lowest BCUT2D eigenvalue weighted by atomic mass is 10.2. The molecule has 2 rings (SSSR count). The third-order valence-corrected chi connectivity index (χ3v) is 6.73. The lowest BCUT2D eigenvalue weighted by Crippen LogP contribution is -2.49. The summed E-state index contributed by atoms with van der Waals surface area (Å²) in [6, 6.07) is 14.0. The third-order valence-electron chi connectivity index (χ3n) is 4.29. The number of hydrogen-bond donors (Lipinski definition) is 1. The number of amides is 1. The highest BCUT2D eigenvalue weighted by atomic mass is 35.5. The molecule has 2 aromatic rings. The number of nitrogens with zero attached hydrogens (tertiary/aromatic N) is 1.